The normalized spacial score (nSPS) is 13.1. The quantitative estimate of drug-likeness (QED) is 0.863. The molecule has 0 spiro atoms. The van der Waals surface area contributed by atoms with Crippen LogP contribution in [-0.4, -0.2) is 36.1 Å². The van der Waals surface area contributed by atoms with Crippen molar-refractivity contribution in [1.29, 1.82) is 0 Å². The van der Waals surface area contributed by atoms with Crippen molar-refractivity contribution in [1.82, 2.24) is 4.90 Å². The summed E-state index contributed by atoms with van der Waals surface area (Å²) in [6.07, 6.45) is 3.45. The number of likely N-dealkylation sites (N-methyl/N-ethyl adjacent to an activating group) is 1. The molecule has 0 aliphatic carbocycles. The minimum atomic E-state index is -0.880. The number of aliphatic carboxylic acids is 1. The van der Waals surface area contributed by atoms with E-state index in [1.54, 1.807) is 26.1 Å². The highest BCUT2D eigenvalue weighted by atomic mass is 19.2. The van der Waals surface area contributed by atoms with Crippen molar-refractivity contribution in [3.8, 4) is 0 Å². The summed E-state index contributed by atoms with van der Waals surface area (Å²) < 4.78 is 25.6. The lowest BCUT2D eigenvalue weighted by molar-refractivity contribution is -0.141. The number of carboxylic acids is 1. The molecule has 0 aliphatic rings. The number of carboxylic acid groups (broad SMARTS) is 1. The third-order valence-corrected chi connectivity index (χ3v) is 2.68. The molecule has 0 radical (unpaired) electrons. The van der Waals surface area contributed by atoms with Crippen LogP contribution in [0.3, 0.4) is 0 Å². The van der Waals surface area contributed by atoms with Crippen LogP contribution in [0.1, 0.15) is 12.5 Å². The van der Waals surface area contributed by atoms with Gasteiger partial charge in [-0.2, -0.15) is 0 Å². The Balaban J connectivity index is 2.49. The SMILES string of the molecule is CC(CN(C)C/C=C/c1ccc(F)c(F)c1)C(=O)O. The second-order valence-corrected chi connectivity index (χ2v) is 4.54. The molecule has 0 aromatic heterocycles. The average Bonchev–Trinajstić information content (AvgIpc) is 2.33. The Bertz CT molecular complexity index is 475. The van der Waals surface area contributed by atoms with E-state index in [2.05, 4.69) is 0 Å². The van der Waals surface area contributed by atoms with Gasteiger partial charge in [0.1, 0.15) is 0 Å². The zero-order valence-corrected chi connectivity index (χ0v) is 10.9. The van der Waals surface area contributed by atoms with Gasteiger partial charge in [0.25, 0.3) is 0 Å². The van der Waals surface area contributed by atoms with Crippen LogP contribution in [0, 0.1) is 17.6 Å². The number of hydrogen-bond donors (Lipinski definition) is 1. The fraction of sp³-hybridized carbons (Fsp3) is 0.357. The summed E-state index contributed by atoms with van der Waals surface area (Å²) >= 11 is 0. The maximum absolute atomic E-state index is 12.9. The Morgan fingerprint density at radius 2 is 2.11 bits per heavy atom. The van der Waals surface area contributed by atoms with Crippen molar-refractivity contribution >= 4 is 12.0 Å². The first-order valence-electron chi connectivity index (χ1n) is 5.93. The molecular weight excluding hydrogens is 252 g/mol. The molecule has 1 unspecified atom stereocenters. The number of nitrogens with zero attached hydrogens (tertiary/aromatic N) is 1. The van der Waals surface area contributed by atoms with E-state index < -0.39 is 23.5 Å². The van der Waals surface area contributed by atoms with Crippen LogP contribution in [0.15, 0.2) is 24.3 Å². The Labute approximate surface area is 111 Å². The van der Waals surface area contributed by atoms with Gasteiger partial charge in [-0.3, -0.25) is 4.79 Å². The van der Waals surface area contributed by atoms with Crippen LogP contribution < -0.4 is 0 Å². The minimum absolute atomic E-state index is 0.428. The third-order valence-electron chi connectivity index (χ3n) is 2.68. The fourth-order valence-corrected chi connectivity index (χ4v) is 1.60. The second-order valence-electron chi connectivity index (χ2n) is 4.54. The van der Waals surface area contributed by atoms with Gasteiger partial charge in [-0.05, 0) is 24.7 Å². The van der Waals surface area contributed by atoms with Crippen molar-refractivity contribution in [3.63, 3.8) is 0 Å². The summed E-state index contributed by atoms with van der Waals surface area (Å²) in [7, 11) is 1.80. The molecule has 0 bridgehead atoms. The smallest absolute Gasteiger partial charge is 0.307 e. The topological polar surface area (TPSA) is 40.5 Å². The molecule has 5 heteroatoms. The zero-order chi connectivity index (χ0) is 14.4. The summed E-state index contributed by atoms with van der Waals surface area (Å²) in [6, 6.07) is 3.67. The Kier molecular flexibility index (Phi) is 5.63. The Morgan fingerprint density at radius 1 is 1.42 bits per heavy atom. The van der Waals surface area contributed by atoms with Gasteiger partial charge in [0, 0.05) is 13.1 Å². The highest BCUT2D eigenvalue weighted by molar-refractivity contribution is 5.69. The fourth-order valence-electron chi connectivity index (χ4n) is 1.60. The van der Waals surface area contributed by atoms with Gasteiger partial charge < -0.3 is 10.0 Å². The molecule has 0 heterocycles. The molecule has 0 amide bonds. The van der Waals surface area contributed by atoms with E-state index in [1.807, 2.05) is 4.90 Å². The van der Waals surface area contributed by atoms with Crippen molar-refractivity contribution in [2.45, 2.75) is 6.92 Å². The van der Waals surface area contributed by atoms with E-state index in [1.165, 1.54) is 6.07 Å². The summed E-state index contributed by atoms with van der Waals surface area (Å²) in [5.74, 6) is -3.03. The molecule has 1 rings (SSSR count). The predicted octanol–water partition coefficient (Wildman–Crippen LogP) is 2.63. The molecule has 1 aromatic rings. The van der Waals surface area contributed by atoms with E-state index in [9.17, 15) is 13.6 Å². The van der Waals surface area contributed by atoms with Gasteiger partial charge >= 0.3 is 5.97 Å². The van der Waals surface area contributed by atoms with Gasteiger partial charge in [-0.25, -0.2) is 8.78 Å². The molecule has 1 aromatic carbocycles. The van der Waals surface area contributed by atoms with Crippen LogP contribution in [0.2, 0.25) is 0 Å². The van der Waals surface area contributed by atoms with E-state index in [4.69, 9.17) is 5.11 Å². The molecular formula is C14H17F2NO2. The maximum atomic E-state index is 12.9. The third kappa shape index (κ3) is 5.18. The molecule has 19 heavy (non-hydrogen) atoms. The van der Waals surface area contributed by atoms with Crippen LogP contribution in [-0.2, 0) is 4.79 Å². The van der Waals surface area contributed by atoms with Crippen molar-refractivity contribution < 1.29 is 18.7 Å². The summed E-state index contributed by atoms with van der Waals surface area (Å²) in [4.78, 5) is 12.5. The molecule has 0 fully saturated rings. The Morgan fingerprint density at radius 3 is 2.68 bits per heavy atom. The number of rotatable bonds is 6. The lowest BCUT2D eigenvalue weighted by Crippen LogP contribution is -2.28. The van der Waals surface area contributed by atoms with Crippen LogP contribution in [0.25, 0.3) is 6.08 Å². The van der Waals surface area contributed by atoms with E-state index >= 15 is 0 Å². The van der Waals surface area contributed by atoms with Crippen molar-refractivity contribution in [2.24, 2.45) is 5.92 Å². The van der Waals surface area contributed by atoms with Gasteiger partial charge in [-0.1, -0.05) is 25.1 Å². The summed E-state index contributed by atoms with van der Waals surface area (Å²) in [5.41, 5.74) is 0.568. The average molecular weight is 269 g/mol. The highest BCUT2D eigenvalue weighted by Gasteiger charge is 2.12. The van der Waals surface area contributed by atoms with Gasteiger partial charge in [0.15, 0.2) is 11.6 Å². The second kappa shape index (κ2) is 6.99. The number of hydrogen-bond acceptors (Lipinski definition) is 2. The molecule has 0 saturated carbocycles. The van der Waals surface area contributed by atoms with Crippen LogP contribution in [0.5, 0.6) is 0 Å². The monoisotopic (exact) mass is 269 g/mol. The molecule has 104 valence electrons. The van der Waals surface area contributed by atoms with Crippen molar-refractivity contribution in [3.05, 3.63) is 41.5 Å². The number of halogens is 2. The van der Waals surface area contributed by atoms with Gasteiger partial charge in [0.05, 0.1) is 5.92 Å². The predicted molar refractivity (Wildman–Crippen MR) is 69.7 cm³/mol. The van der Waals surface area contributed by atoms with Crippen molar-refractivity contribution in [2.75, 3.05) is 20.1 Å². The molecule has 1 N–H and O–H groups in total. The van der Waals surface area contributed by atoms with E-state index in [0.29, 0.717) is 18.7 Å². The van der Waals surface area contributed by atoms with E-state index in [-0.39, 0.29) is 0 Å². The van der Waals surface area contributed by atoms with Crippen LogP contribution in [0.4, 0.5) is 8.78 Å². The first-order valence-corrected chi connectivity index (χ1v) is 5.93. The number of benzene rings is 1. The number of carbonyl (C=O) groups is 1. The maximum Gasteiger partial charge on any atom is 0.307 e. The summed E-state index contributed by atoms with van der Waals surface area (Å²) in [5, 5.41) is 8.77. The lowest BCUT2D eigenvalue weighted by Gasteiger charge is -2.16. The highest BCUT2D eigenvalue weighted by Crippen LogP contribution is 2.10. The van der Waals surface area contributed by atoms with Crippen LogP contribution >= 0.6 is 0 Å². The van der Waals surface area contributed by atoms with E-state index in [0.717, 1.165) is 12.1 Å². The molecule has 0 aliphatic heterocycles. The minimum Gasteiger partial charge on any atom is -0.481 e. The molecule has 3 nitrogen and oxygen atoms in total. The first-order chi connectivity index (χ1) is 8.90. The zero-order valence-electron chi connectivity index (χ0n) is 10.9. The lowest BCUT2D eigenvalue weighted by atomic mass is 10.1. The first kappa shape index (κ1) is 15.3. The van der Waals surface area contributed by atoms with Gasteiger partial charge in [0.2, 0.25) is 0 Å². The molecule has 1 atom stereocenters. The molecule has 0 saturated heterocycles. The standard InChI is InChI=1S/C14H17F2NO2/c1-10(14(18)19)9-17(2)7-3-4-11-5-6-12(15)13(16)8-11/h3-6,8,10H,7,9H2,1-2H3,(H,18,19)/b4-3+. The summed E-state index contributed by atoms with van der Waals surface area (Å²) in [6.45, 7) is 2.60. The Hall–Kier alpha value is -1.75. The largest absolute Gasteiger partial charge is 0.481 e. The van der Waals surface area contributed by atoms with Gasteiger partial charge in [-0.15, -0.1) is 0 Å².